The van der Waals surface area contributed by atoms with Crippen molar-refractivity contribution in [1.82, 2.24) is 4.90 Å². The number of amides is 3. The molecule has 0 unspecified atom stereocenters. The summed E-state index contributed by atoms with van der Waals surface area (Å²) in [5.74, 6) is -2.42. The first-order chi connectivity index (χ1) is 14.9. The molecule has 1 N–H and O–H groups in total. The van der Waals surface area contributed by atoms with Crippen molar-refractivity contribution in [3.05, 3.63) is 64.6 Å². The van der Waals surface area contributed by atoms with E-state index in [0.717, 1.165) is 29.9 Å². The molecule has 162 valence electrons. The number of halogens is 2. The van der Waals surface area contributed by atoms with Gasteiger partial charge in [0.25, 0.3) is 11.1 Å². The number of ether oxygens (including phenoxy) is 1. The van der Waals surface area contributed by atoms with Crippen LogP contribution in [0.25, 0.3) is 6.08 Å². The van der Waals surface area contributed by atoms with E-state index in [4.69, 9.17) is 4.74 Å². The third-order valence-corrected chi connectivity index (χ3v) is 5.23. The Kier molecular flexibility index (Phi) is 7.41. The third-order valence-electron chi connectivity index (χ3n) is 4.33. The molecule has 6 nitrogen and oxygen atoms in total. The van der Waals surface area contributed by atoms with Gasteiger partial charge in [0.15, 0.2) is 0 Å². The second kappa shape index (κ2) is 10.2. The summed E-state index contributed by atoms with van der Waals surface area (Å²) in [6.45, 7) is 2.12. The topological polar surface area (TPSA) is 75.7 Å². The number of hydrogen-bond donors (Lipinski definition) is 1. The fraction of sp³-hybridized carbons (Fsp3) is 0.227. The van der Waals surface area contributed by atoms with E-state index in [0.29, 0.717) is 35.7 Å². The van der Waals surface area contributed by atoms with Gasteiger partial charge in [-0.3, -0.25) is 19.3 Å². The molecule has 0 atom stereocenters. The van der Waals surface area contributed by atoms with Gasteiger partial charge in [-0.15, -0.1) is 0 Å². The summed E-state index contributed by atoms with van der Waals surface area (Å²) in [7, 11) is 0. The van der Waals surface area contributed by atoms with Crippen LogP contribution in [0, 0.1) is 11.6 Å². The van der Waals surface area contributed by atoms with Crippen molar-refractivity contribution in [2.45, 2.75) is 19.8 Å². The Balaban J connectivity index is 1.62. The molecule has 1 aliphatic heterocycles. The third kappa shape index (κ3) is 5.91. The van der Waals surface area contributed by atoms with Crippen LogP contribution in [0.5, 0.6) is 5.75 Å². The largest absolute Gasteiger partial charge is 0.494 e. The van der Waals surface area contributed by atoms with Crippen molar-refractivity contribution in [1.29, 1.82) is 0 Å². The first-order valence-corrected chi connectivity index (χ1v) is 10.4. The van der Waals surface area contributed by atoms with Crippen molar-refractivity contribution in [2.24, 2.45) is 0 Å². The highest BCUT2D eigenvalue weighted by Gasteiger charge is 2.36. The minimum absolute atomic E-state index is 0.172. The molecular formula is C22H20F2N2O4S. The fourth-order valence-corrected chi connectivity index (χ4v) is 3.54. The van der Waals surface area contributed by atoms with Crippen LogP contribution in [0.3, 0.4) is 0 Å². The number of carbonyl (C=O) groups excluding carboxylic acids is 3. The number of hydrogen-bond acceptors (Lipinski definition) is 5. The molecule has 3 amide bonds. The molecule has 0 aliphatic carbocycles. The Bertz CT molecular complexity index is 1020. The van der Waals surface area contributed by atoms with E-state index in [1.165, 1.54) is 0 Å². The van der Waals surface area contributed by atoms with Crippen LogP contribution in [0.15, 0.2) is 47.4 Å². The highest BCUT2D eigenvalue weighted by molar-refractivity contribution is 8.18. The van der Waals surface area contributed by atoms with Crippen LogP contribution in [0.2, 0.25) is 0 Å². The number of imide groups is 1. The molecule has 9 heteroatoms. The average molecular weight is 446 g/mol. The lowest BCUT2D eigenvalue weighted by Crippen LogP contribution is -2.36. The number of unbranched alkanes of at least 4 members (excludes halogenated alkanes) is 1. The smallest absolute Gasteiger partial charge is 0.294 e. The van der Waals surface area contributed by atoms with Gasteiger partial charge in [-0.1, -0.05) is 25.5 Å². The van der Waals surface area contributed by atoms with Crippen molar-refractivity contribution in [3.63, 3.8) is 0 Å². The molecule has 1 aliphatic rings. The average Bonchev–Trinajstić information content (AvgIpc) is 2.99. The molecule has 3 rings (SSSR count). The second-order valence-electron chi connectivity index (χ2n) is 6.71. The SMILES string of the molecule is CCCCOc1ccc(C=C2SC(=O)N(CC(=O)Nc3ccc(F)cc3F)C2=O)cc1. The molecule has 0 bridgehead atoms. The Morgan fingerprint density at radius 2 is 1.90 bits per heavy atom. The zero-order valence-corrected chi connectivity index (χ0v) is 17.5. The molecule has 2 aromatic carbocycles. The Morgan fingerprint density at radius 1 is 1.16 bits per heavy atom. The van der Waals surface area contributed by atoms with Crippen LogP contribution in [-0.2, 0) is 9.59 Å². The van der Waals surface area contributed by atoms with E-state index < -0.39 is 35.2 Å². The minimum Gasteiger partial charge on any atom is -0.494 e. The van der Waals surface area contributed by atoms with Gasteiger partial charge in [0.05, 0.1) is 17.2 Å². The Morgan fingerprint density at radius 3 is 2.58 bits per heavy atom. The minimum atomic E-state index is -0.954. The number of nitrogens with zero attached hydrogens (tertiary/aromatic N) is 1. The molecule has 0 spiro atoms. The quantitative estimate of drug-likeness (QED) is 0.465. The van der Waals surface area contributed by atoms with Crippen LogP contribution in [-0.4, -0.2) is 35.1 Å². The van der Waals surface area contributed by atoms with E-state index in [9.17, 15) is 23.2 Å². The maximum absolute atomic E-state index is 13.7. The zero-order chi connectivity index (χ0) is 22.4. The van der Waals surface area contributed by atoms with Crippen molar-refractivity contribution < 1.29 is 27.9 Å². The zero-order valence-electron chi connectivity index (χ0n) is 16.7. The van der Waals surface area contributed by atoms with E-state index in [1.54, 1.807) is 30.3 Å². The maximum atomic E-state index is 13.7. The lowest BCUT2D eigenvalue weighted by molar-refractivity contribution is -0.127. The van der Waals surface area contributed by atoms with E-state index in [1.807, 2.05) is 0 Å². The van der Waals surface area contributed by atoms with Crippen molar-refractivity contribution in [2.75, 3.05) is 18.5 Å². The number of anilines is 1. The van der Waals surface area contributed by atoms with Gasteiger partial charge in [-0.05, 0) is 54.1 Å². The maximum Gasteiger partial charge on any atom is 0.294 e. The number of rotatable bonds is 8. The van der Waals surface area contributed by atoms with Crippen LogP contribution in [0.1, 0.15) is 25.3 Å². The van der Waals surface area contributed by atoms with Gasteiger partial charge in [0, 0.05) is 6.07 Å². The molecule has 1 saturated heterocycles. The summed E-state index contributed by atoms with van der Waals surface area (Å²) in [4.78, 5) is 37.8. The van der Waals surface area contributed by atoms with Gasteiger partial charge < -0.3 is 10.1 Å². The monoisotopic (exact) mass is 446 g/mol. The van der Waals surface area contributed by atoms with E-state index in [-0.39, 0.29) is 10.6 Å². The van der Waals surface area contributed by atoms with E-state index >= 15 is 0 Å². The summed E-state index contributed by atoms with van der Waals surface area (Å²) in [6.07, 6.45) is 3.54. The van der Waals surface area contributed by atoms with Crippen LogP contribution in [0.4, 0.5) is 19.3 Å². The number of nitrogens with one attached hydrogen (secondary N) is 1. The number of carbonyl (C=O) groups is 3. The van der Waals surface area contributed by atoms with Gasteiger partial charge in [0.2, 0.25) is 5.91 Å². The summed E-state index contributed by atoms with van der Waals surface area (Å²) in [5.41, 5.74) is 0.460. The predicted molar refractivity (Wildman–Crippen MR) is 115 cm³/mol. The standard InChI is InChI=1S/C22H20F2N2O4S/c1-2-3-10-30-16-7-4-14(5-8-16)11-19-21(28)26(22(29)31-19)13-20(27)25-18-9-6-15(23)12-17(18)24/h4-9,11-12H,2-3,10,13H2,1H3,(H,25,27). The molecule has 0 aromatic heterocycles. The normalized spacial score (nSPS) is 14.9. The van der Waals surface area contributed by atoms with Gasteiger partial charge in [0.1, 0.15) is 23.9 Å². The molecule has 1 fully saturated rings. The highest BCUT2D eigenvalue weighted by Crippen LogP contribution is 2.32. The lowest BCUT2D eigenvalue weighted by atomic mass is 10.2. The summed E-state index contributed by atoms with van der Waals surface area (Å²) in [6, 6.07) is 9.75. The highest BCUT2D eigenvalue weighted by atomic mass is 32.2. The summed E-state index contributed by atoms with van der Waals surface area (Å²) in [5, 5.41) is 1.62. The summed E-state index contributed by atoms with van der Waals surface area (Å²) >= 11 is 0.715. The molecule has 31 heavy (non-hydrogen) atoms. The molecule has 2 aromatic rings. The number of thioether (sulfide) groups is 1. The fourth-order valence-electron chi connectivity index (χ4n) is 2.71. The lowest BCUT2D eigenvalue weighted by Gasteiger charge is -2.12. The Hall–Kier alpha value is -3.20. The van der Waals surface area contributed by atoms with Gasteiger partial charge in [-0.25, -0.2) is 8.78 Å². The van der Waals surface area contributed by atoms with E-state index in [2.05, 4.69) is 12.2 Å². The molecular weight excluding hydrogens is 426 g/mol. The second-order valence-corrected chi connectivity index (χ2v) is 7.70. The molecule has 0 radical (unpaired) electrons. The van der Waals surface area contributed by atoms with Gasteiger partial charge >= 0.3 is 0 Å². The first-order valence-electron chi connectivity index (χ1n) is 9.60. The molecule has 1 heterocycles. The molecule has 0 saturated carbocycles. The predicted octanol–water partition coefficient (Wildman–Crippen LogP) is 4.82. The van der Waals surface area contributed by atoms with Crippen molar-refractivity contribution in [3.8, 4) is 5.75 Å². The van der Waals surface area contributed by atoms with Gasteiger partial charge in [-0.2, -0.15) is 0 Å². The van der Waals surface area contributed by atoms with Crippen LogP contribution < -0.4 is 10.1 Å². The van der Waals surface area contributed by atoms with Crippen LogP contribution >= 0.6 is 11.8 Å². The first kappa shape index (κ1) is 22.5. The number of benzene rings is 2. The van der Waals surface area contributed by atoms with Crippen molar-refractivity contribution >= 4 is 40.6 Å². The Labute approximate surface area is 182 Å². The summed E-state index contributed by atoms with van der Waals surface area (Å²) < 4.78 is 32.2.